The molecule has 0 radical (unpaired) electrons. The van der Waals surface area contributed by atoms with Crippen molar-refractivity contribution in [3.8, 4) is 158 Å². The molecule has 0 fully saturated rings. The van der Waals surface area contributed by atoms with E-state index in [0.717, 1.165) is 177 Å². The van der Waals surface area contributed by atoms with Gasteiger partial charge in [-0.2, -0.15) is 5.26 Å². The van der Waals surface area contributed by atoms with Crippen LogP contribution in [0.5, 0.6) is 0 Å². The highest BCUT2D eigenvalue weighted by atomic mass is 15.2. The van der Waals surface area contributed by atoms with Crippen molar-refractivity contribution in [2.75, 3.05) is 0 Å². The van der Waals surface area contributed by atoms with E-state index in [1.165, 1.54) is 54.6 Å². The average Bonchev–Trinajstić information content (AvgIpc) is 1.60. The Labute approximate surface area is 848 Å². The molecule has 12 nitrogen and oxygen atoms in total. The molecular weight excluding hydrogens is 1790 g/mol. The van der Waals surface area contributed by atoms with Crippen LogP contribution in [0.25, 0.3) is 260 Å². The summed E-state index contributed by atoms with van der Waals surface area (Å²) in [6.07, 6.45) is 0. The first kappa shape index (κ1) is 88.0. The topological polar surface area (TPSA) is 125 Å². The third-order valence-corrected chi connectivity index (χ3v) is 27.8. The van der Waals surface area contributed by atoms with Gasteiger partial charge < -0.3 is 0 Å². The first-order valence-electron chi connectivity index (χ1n) is 48.9. The van der Waals surface area contributed by atoms with Crippen LogP contribution in [0, 0.1) is 24.5 Å². The summed E-state index contributed by atoms with van der Waals surface area (Å²) in [5.74, 6) is 1.79. The van der Waals surface area contributed by atoms with E-state index >= 15 is 0 Å². The molecule has 0 amide bonds. The van der Waals surface area contributed by atoms with Crippen molar-refractivity contribution < 1.29 is 0 Å². The molecule has 0 aliphatic heterocycles. The minimum absolute atomic E-state index is 0.577. The summed E-state index contributed by atoms with van der Waals surface area (Å²) in [7, 11) is 0. The molecule has 0 bridgehead atoms. The largest absolute Gasteiger partial charge is 0.278 e. The highest BCUT2D eigenvalue weighted by molar-refractivity contribution is 6.26. The maximum absolute atomic E-state index is 9.61. The number of nitrogens with zero attached hydrogens (tertiary/aromatic N) is 12. The number of aromatic nitrogens is 9. The molecule has 0 unspecified atom stereocenters. The molecule has 0 atom stereocenters. The number of hydrogen-bond acceptors (Lipinski definition) is 7. The maximum Gasteiger partial charge on any atom is 0.235 e. The summed E-state index contributed by atoms with van der Waals surface area (Å²) < 4.78 is 6.55. The second kappa shape index (κ2) is 38.3. The number of fused-ring (bicyclic) bond motifs is 15. The van der Waals surface area contributed by atoms with Crippen molar-refractivity contribution in [2.45, 2.75) is 0 Å². The van der Waals surface area contributed by atoms with Gasteiger partial charge in [0.25, 0.3) is 0 Å². The fraction of sp³-hybridized carbons (Fsp3) is 0. The third kappa shape index (κ3) is 16.9. The van der Waals surface area contributed by atoms with Crippen molar-refractivity contribution >= 4 is 109 Å². The van der Waals surface area contributed by atoms with Gasteiger partial charge in [-0.05, 0) is 208 Å². The third-order valence-electron chi connectivity index (χ3n) is 27.8. The van der Waals surface area contributed by atoms with Gasteiger partial charge in [0.15, 0.2) is 11.4 Å². The first-order chi connectivity index (χ1) is 72.7. The molecule has 0 saturated heterocycles. The zero-order valence-corrected chi connectivity index (χ0v) is 79.4. The molecule has 0 spiro atoms. The van der Waals surface area contributed by atoms with Crippen LogP contribution in [0.4, 0.5) is 11.4 Å². The Morgan fingerprint density at radius 2 is 0.374 bits per heavy atom. The normalized spacial score (nSPS) is 11.2. The second-order valence-corrected chi connectivity index (χ2v) is 36.5. The lowest BCUT2D eigenvalue weighted by Gasteiger charge is -2.13. The monoisotopic (exact) mass is 1870 g/mol. The van der Waals surface area contributed by atoms with Gasteiger partial charge in [0, 0.05) is 60.1 Å². The quantitative estimate of drug-likeness (QED) is 0.0739. The number of rotatable bonds is 15. The Kier molecular flexibility index (Phi) is 22.9. The molecule has 27 aromatic rings. The van der Waals surface area contributed by atoms with Crippen LogP contribution < -0.4 is 0 Å². The van der Waals surface area contributed by atoms with Crippen LogP contribution in [0.3, 0.4) is 0 Å². The van der Waals surface area contributed by atoms with Crippen molar-refractivity contribution in [3.05, 3.63) is 538 Å². The maximum atomic E-state index is 9.61. The van der Waals surface area contributed by atoms with E-state index in [1.54, 1.807) is 0 Å². The number of benzene rings is 21. The van der Waals surface area contributed by atoms with Crippen molar-refractivity contribution in [3.63, 3.8) is 0 Å². The number of hydrogen-bond donors (Lipinski definition) is 0. The van der Waals surface area contributed by atoms with Gasteiger partial charge >= 0.3 is 0 Å². The predicted octanol–water partition coefficient (Wildman–Crippen LogP) is 35.2. The van der Waals surface area contributed by atoms with Gasteiger partial charge in [0.1, 0.15) is 0 Å². The molecule has 27 rings (SSSR count). The summed E-state index contributed by atoms with van der Waals surface area (Å²) in [6, 6.07) is 179. The lowest BCUT2D eigenvalue weighted by Crippen LogP contribution is -2.04. The van der Waals surface area contributed by atoms with E-state index in [9.17, 15) is 5.26 Å². The van der Waals surface area contributed by atoms with E-state index in [4.69, 9.17) is 43.0 Å². The minimum atomic E-state index is 0.577. The molecule has 0 aliphatic carbocycles. The summed E-state index contributed by atoms with van der Waals surface area (Å²) >= 11 is 0. The molecule has 0 aliphatic rings. The molecule has 684 valence electrons. The zero-order chi connectivity index (χ0) is 98.2. The lowest BCUT2D eigenvalue weighted by molar-refractivity contribution is 0.995. The standard InChI is InChI=1S/C53H32N4.2C41H26N4/c1-54-40-25-20-36(21-26-40)50-33-49(35-14-6-3-7-15-35)55-53(56-50)57-51-28-23-37(34-12-4-2-5-13-34)31-47(51)48-32-39(24-29-52(48)57)38-22-27-45-43-18-9-8-16-41(43)42-17-10-11-19-44(42)46(45)30-38;1-42-34-23-20-30(21-24-34)29-16-18-32(19-17-29)38-27-37(31-12-6-3-7-13-31)43-41(44-38)45-39-15-9-8-14-35(39)36-26-33(22-25-40(36)45)28-10-4-2-5-11-28;42-27-28-11-10-18-34(23-28)38-26-37(31-16-8-3-9-17-31)43-41(44-38)45-39-21-19-32(29-12-4-1-5-13-29)24-35(39)36-25-33(20-22-40(36)45)30-14-6-2-7-15-30/h2-33H;2-27H;1-26H. The Hall–Kier alpha value is -20.5. The smallest absolute Gasteiger partial charge is 0.235 e. The highest BCUT2D eigenvalue weighted by Gasteiger charge is 2.25. The molecule has 6 heterocycles. The first-order valence-corrected chi connectivity index (χ1v) is 48.9. The summed E-state index contributed by atoms with van der Waals surface area (Å²) in [5, 5.41) is 24.0. The van der Waals surface area contributed by atoms with Crippen molar-refractivity contribution in [1.29, 1.82) is 5.26 Å². The summed E-state index contributed by atoms with van der Waals surface area (Å²) in [6.45, 7) is 14.7. The van der Waals surface area contributed by atoms with E-state index in [-0.39, 0.29) is 0 Å². The van der Waals surface area contributed by atoms with Gasteiger partial charge in [-0.1, -0.05) is 406 Å². The average molecular weight is 1870 g/mol. The molecule has 6 aromatic heterocycles. The predicted molar refractivity (Wildman–Crippen MR) is 604 cm³/mol. The minimum Gasteiger partial charge on any atom is -0.278 e. The molecule has 147 heavy (non-hydrogen) atoms. The van der Waals surface area contributed by atoms with Crippen molar-refractivity contribution in [2.24, 2.45) is 0 Å². The van der Waals surface area contributed by atoms with E-state index in [1.807, 2.05) is 158 Å². The fourth-order valence-corrected chi connectivity index (χ4v) is 20.5. The molecule has 21 aromatic carbocycles. The van der Waals surface area contributed by atoms with E-state index in [2.05, 4.69) is 381 Å². The summed E-state index contributed by atoms with van der Waals surface area (Å²) in [5.41, 5.74) is 32.6. The van der Waals surface area contributed by atoms with Crippen LogP contribution in [-0.4, -0.2) is 43.6 Å². The van der Waals surface area contributed by atoms with Gasteiger partial charge in [0.05, 0.1) is 92.0 Å². The van der Waals surface area contributed by atoms with Gasteiger partial charge in [-0.15, -0.1) is 0 Å². The molecule has 12 heteroatoms. The van der Waals surface area contributed by atoms with Crippen LogP contribution in [0.1, 0.15) is 5.56 Å². The Balaban J connectivity index is 0.000000116. The lowest BCUT2D eigenvalue weighted by atomic mass is 9.92. The molecular formula is C135H84N12. The van der Waals surface area contributed by atoms with Crippen LogP contribution >= 0.6 is 0 Å². The van der Waals surface area contributed by atoms with Gasteiger partial charge in [0.2, 0.25) is 17.8 Å². The van der Waals surface area contributed by atoms with E-state index < -0.39 is 0 Å². The van der Waals surface area contributed by atoms with Gasteiger partial charge in [-0.25, -0.2) is 39.6 Å². The molecule has 0 N–H and O–H groups in total. The number of para-hydroxylation sites is 1. The summed E-state index contributed by atoms with van der Waals surface area (Å²) in [4.78, 5) is 38.3. The van der Waals surface area contributed by atoms with Crippen molar-refractivity contribution in [1.82, 2.24) is 43.6 Å². The van der Waals surface area contributed by atoms with Crippen LogP contribution in [0.15, 0.2) is 510 Å². The SMILES string of the molecule is N#Cc1cccc(-c2cc(-c3ccccc3)nc(-n3c4ccc(-c5ccccc5)cc4c4cc(-c5ccccc5)ccc43)n2)c1.[C-]#[N+]c1ccc(-c2cc(-c3ccccc3)nc(-n3c4ccc(-c5ccccc5)cc4c4cc(-c5ccc6c7ccccc7c7ccccc7c6c5)ccc43)n2)cc1.[C-]#[N+]c1ccc(-c2ccc(-c3cc(-c4ccccc4)nc(-n4c5ccccc5c5cc(-c6ccccc6)ccc54)n3)cc2)cc1. The van der Waals surface area contributed by atoms with E-state index in [0.29, 0.717) is 34.8 Å². The fourth-order valence-electron chi connectivity index (χ4n) is 20.5. The van der Waals surface area contributed by atoms with Crippen LogP contribution in [0.2, 0.25) is 0 Å². The Bertz CT molecular complexity index is 9770. The zero-order valence-electron chi connectivity index (χ0n) is 79.4. The Morgan fingerprint density at radius 1 is 0.163 bits per heavy atom. The Morgan fingerprint density at radius 3 is 0.701 bits per heavy atom. The second-order valence-electron chi connectivity index (χ2n) is 36.5. The molecule has 0 saturated carbocycles. The van der Waals surface area contributed by atoms with Crippen LogP contribution in [-0.2, 0) is 0 Å². The van der Waals surface area contributed by atoms with Gasteiger partial charge in [-0.3, -0.25) is 13.7 Å². The number of nitriles is 1. The highest BCUT2D eigenvalue weighted by Crippen LogP contribution is 2.45.